The van der Waals surface area contributed by atoms with Crippen LogP contribution in [0, 0.1) is 6.92 Å². The number of methoxy groups -OCH3 is 2. The van der Waals surface area contributed by atoms with Gasteiger partial charge in [0.15, 0.2) is 16.3 Å². The fraction of sp³-hybridized carbons (Fsp3) is 0.289. The lowest BCUT2D eigenvalue weighted by Gasteiger charge is -2.27. The molecule has 3 aromatic carbocycles. The van der Waals surface area contributed by atoms with Crippen LogP contribution in [0.1, 0.15) is 48.7 Å². The van der Waals surface area contributed by atoms with Crippen LogP contribution in [-0.4, -0.2) is 49.1 Å². The Kier molecular flexibility index (Phi) is 9.93. The number of esters is 1. The predicted octanol–water partition coefficient (Wildman–Crippen LogP) is 5.53. The van der Waals surface area contributed by atoms with Crippen LogP contribution in [0.25, 0.3) is 17.0 Å². The van der Waals surface area contributed by atoms with E-state index in [0.29, 0.717) is 45.2 Å². The van der Waals surface area contributed by atoms with Crippen LogP contribution < -0.4 is 24.4 Å². The molecule has 9 nitrogen and oxygen atoms in total. The number of aromatic nitrogens is 2. The quantitative estimate of drug-likeness (QED) is 0.129. The number of allylic oxidation sites excluding steroid dienone is 1. The van der Waals surface area contributed by atoms with Gasteiger partial charge >= 0.3 is 5.97 Å². The van der Waals surface area contributed by atoms with Gasteiger partial charge in [-0.2, -0.15) is 0 Å². The molecule has 0 fully saturated rings. The van der Waals surface area contributed by atoms with Crippen molar-refractivity contribution in [2.75, 3.05) is 34.0 Å². The van der Waals surface area contributed by atoms with Crippen molar-refractivity contribution in [2.24, 2.45) is 4.99 Å². The highest BCUT2D eigenvalue weighted by molar-refractivity contribution is 7.07. The average Bonchev–Trinajstić information content (AvgIpc) is 3.55. The van der Waals surface area contributed by atoms with Gasteiger partial charge < -0.3 is 23.5 Å². The van der Waals surface area contributed by atoms with Crippen molar-refractivity contribution in [3.8, 4) is 11.5 Å². The summed E-state index contributed by atoms with van der Waals surface area (Å²) < 4.78 is 27.0. The van der Waals surface area contributed by atoms with Crippen molar-refractivity contribution < 1.29 is 23.7 Å². The Bertz CT molecular complexity index is 2180. The molecule has 0 saturated heterocycles. The SMILES string of the molecule is CCCOc1c(OC)cccc1[C@H]1C(C(=O)OCCOC)=C(C)N=c2s/c(=C/c3c(C)n(Cc4ccccc4)c4ccccc34)c(=O)n21. The summed E-state index contributed by atoms with van der Waals surface area (Å²) in [7, 11) is 3.11. The molecule has 3 heterocycles. The topological polar surface area (TPSA) is 93.3 Å². The van der Waals surface area contributed by atoms with Crippen LogP contribution in [0.4, 0.5) is 0 Å². The maximum Gasteiger partial charge on any atom is 0.338 e. The summed E-state index contributed by atoms with van der Waals surface area (Å²) in [6.07, 6.45) is 2.72. The van der Waals surface area contributed by atoms with Gasteiger partial charge in [0.25, 0.3) is 5.56 Å². The molecule has 0 radical (unpaired) electrons. The van der Waals surface area contributed by atoms with Gasteiger partial charge in [0, 0.05) is 41.4 Å². The average molecular weight is 666 g/mol. The highest BCUT2D eigenvalue weighted by Gasteiger charge is 2.36. The number of nitrogens with zero attached hydrogens (tertiary/aromatic N) is 3. The van der Waals surface area contributed by atoms with Crippen molar-refractivity contribution in [3.05, 3.63) is 126 Å². The normalized spacial score (nSPS) is 14.6. The van der Waals surface area contributed by atoms with E-state index in [4.69, 9.17) is 23.9 Å². The molecule has 0 saturated carbocycles. The second-order valence-corrected chi connectivity index (χ2v) is 12.5. The van der Waals surface area contributed by atoms with Crippen LogP contribution in [-0.2, 0) is 20.8 Å². The summed E-state index contributed by atoms with van der Waals surface area (Å²) in [5.41, 5.74) is 5.36. The number of hydrogen-bond acceptors (Lipinski definition) is 8. The molecule has 1 aliphatic rings. The molecule has 0 unspecified atom stereocenters. The lowest BCUT2D eigenvalue weighted by molar-refractivity contribution is -0.140. The molecule has 0 bridgehead atoms. The highest BCUT2D eigenvalue weighted by atomic mass is 32.1. The number of fused-ring (bicyclic) bond motifs is 2. The third-order valence-corrected chi connectivity index (χ3v) is 9.46. The van der Waals surface area contributed by atoms with E-state index in [0.717, 1.165) is 28.6 Å². The number of carbonyl (C=O) groups excluding carboxylic acids is 1. The van der Waals surface area contributed by atoms with E-state index in [9.17, 15) is 9.59 Å². The molecule has 2 aromatic heterocycles. The van der Waals surface area contributed by atoms with Crippen molar-refractivity contribution in [2.45, 2.75) is 39.8 Å². The summed E-state index contributed by atoms with van der Waals surface area (Å²) in [6.45, 7) is 7.30. The molecule has 1 aliphatic heterocycles. The van der Waals surface area contributed by atoms with E-state index in [1.54, 1.807) is 31.8 Å². The van der Waals surface area contributed by atoms with E-state index < -0.39 is 12.0 Å². The van der Waals surface area contributed by atoms with Crippen LogP contribution >= 0.6 is 11.3 Å². The second kappa shape index (κ2) is 14.5. The first-order valence-corrected chi connectivity index (χ1v) is 16.8. The zero-order chi connectivity index (χ0) is 33.8. The minimum Gasteiger partial charge on any atom is -0.493 e. The minimum atomic E-state index is -0.860. The van der Waals surface area contributed by atoms with Gasteiger partial charge in [-0.05, 0) is 44.0 Å². The second-order valence-electron chi connectivity index (χ2n) is 11.5. The molecule has 0 aliphatic carbocycles. The Morgan fingerprint density at radius 1 is 0.958 bits per heavy atom. The van der Waals surface area contributed by atoms with Gasteiger partial charge in [-0.1, -0.05) is 78.9 Å². The summed E-state index contributed by atoms with van der Waals surface area (Å²) in [6, 6.07) is 23.2. The molecular formula is C38H39N3O6S. The molecule has 5 aromatic rings. The number of ether oxygens (including phenoxy) is 4. The van der Waals surface area contributed by atoms with E-state index in [1.165, 1.54) is 16.9 Å². The molecule has 0 amide bonds. The van der Waals surface area contributed by atoms with Gasteiger partial charge in [0.05, 0.1) is 36.1 Å². The minimum absolute atomic E-state index is 0.0624. The van der Waals surface area contributed by atoms with Gasteiger partial charge in [0.1, 0.15) is 12.6 Å². The van der Waals surface area contributed by atoms with Gasteiger partial charge in [0.2, 0.25) is 0 Å². The van der Waals surface area contributed by atoms with Crippen molar-refractivity contribution >= 4 is 34.3 Å². The van der Waals surface area contributed by atoms with Gasteiger partial charge in [-0.15, -0.1) is 0 Å². The molecular weight excluding hydrogens is 627 g/mol. The molecule has 1 atom stereocenters. The lowest BCUT2D eigenvalue weighted by Crippen LogP contribution is -2.40. The number of carbonyl (C=O) groups is 1. The van der Waals surface area contributed by atoms with E-state index in [-0.39, 0.29) is 24.3 Å². The monoisotopic (exact) mass is 665 g/mol. The van der Waals surface area contributed by atoms with E-state index in [2.05, 4.69) is 35.8 Å². The molecule has 0 spiro atoms. The Labute approximate surface area is 283 Å². The maximum atomic E-state index is 14.6. The summed E-state index contributed by atoms with van der Waals surface area (Å²) >= 11 is 1.30. The third-order valence-electron chi connectivity index (χ3n) is 8.48. The lowest BCUT2D eigenvalue weighted by atomic mass is 9.94. The zero-order valence-electron chi connectivity index (χ0n) is 27.8. The predicted molar refractivity (Wildman–Crippen MR) is 188 cm³/mol. The first kappa shape index (κ1) is 33.0. The summed E-state index contributed by atoms with van der Waals surface area (Å²) in [5.74, 6) is 0.404. The zero-order valence-corrected chi connectivity index (χ0v) is 28.6. The fourth-order valence-corrected chi connectivity index (χ4v) is 7.21. The number of rotatable bonds is 12. The summed E-state index contributed by atoms with van der Waals surface area (Å²) in [5, 5.41) is 1.05. The van der Waals surface area contributed by atoms with Crippen LogP contribution in [0.5, 0.6) is 11.5 Å². The van der Waals surface area contributed by atoms with E-state index >= 15 is 0 Å². The molecule has 248 valence electrons. The Hall–Kier alpha value is -4.93. The number of benzene rings is 3. The van der Waals surface area contributed by atoms with Crippen molar-refractivity contribution in [1.82, 2.24) is 9.13 Å². The maximum absolute atomic E-state index is 14.6. The van der Waals surface area contributed by atoms with Crippen molar-refractivity contribution in [3.63, 3.8) is 0 Å². The van der Waals surface area contributed by atoms with Gasteiger partial charge in [-0.25, -0.2) is 9.79 Å². The van der Waals surface area contributed by atoms with E-state index in [1.807, 2.05) is 55.5 Å². The van der Waals surface area contributed by atoms with Crippen LogP contribution in [0.3, 0.4) is 0 Å². The van der Waals surface area contributed by atoms with Crippen LogP contribution in [0.2, 0.25) is 0 Å². The molecule has 10 heteroatoms. The molecule has 6 rings (SSSR count). The third kappa shape index (κ3) is 6.21. The Morgan fingerprint density at radius 3 is 2.48 bits per heavy atom. The first-order chi connectivity index (χ1) is 23.4. The Balaban J connectivity index is 1.56. The molecule has 0 N–H and O–H groups in total. The molecule has 48 heavy (non-hydrogen) atoms. The number of hydrogen-bond donors (Lipinski definition) is 0. The smallest absolute Gasteiger partial charge is 0.338 e. The Morgan fingerprint density at radius 2 is 1.73 bits per heavy atom. The summed E-state index contributed by atoms with van der Waals surface area (Å²) in [4.78, 5) is 33.6. The number of thiazole rings is 1. The van der Waals surface area contributed by atoms with Gasteiger partial charge in [-0.3, -0.25) is 9.36 Å². The number of para-hydroxylation sites is 2. The highest BCUT2D eigenvalue weighted by Crippen LogP contribution is 2.41. The fourth-order valence-electron chi connectivity index (χ4n) is 6.18. The standard InChI is InChI=1S/C38H39N3O6S/c1-6-19-46-35-28(16-12-18-31(35)45-5)34-33(37(43)47-21-20-44-4)24(2)39-38-41(34)36(42)32(48-38)22-29-25(3)40(23-26-13-8-7-9-14-26)30-17-11-10-15-27(29)30/h7-18,22,34H,6,19-21,23H2,1-5H3/b32-22+/t34-/m0/s1. The van der Waals surface area contributed by atoms with Crippen molar-refractivity contribution in [1.29, 1.82) is 0 Å². The largest absolute Gasteiger partial charge is 0.493 e. The van der Waals surface area contributed by atoms with Crippen LogP contribution in [0.15, 0.2) is 93.9 Å². The first-order valence-electron chi connectivity index (χ1n) is 16.0.